The van der Waals surface area contributed by atoms with Crippen LogP contribution < -0.4 is 11.1 Å². The van der Waals surface area contributed by atoms with E-state index in [2.05, 4.69) is 10.3 Å². The van der Waals surface area contributed by atoms with E-state index < -0.39 is 0 Å². The molecule has 13 heavy (non-hydrogen) atoms. The second-order valence-electron chi connectivity index (χ2n) is 3.85. The molecular formula is C10H21N3. The van der Waals surface area contributed by atoms with Crippen LogP contribution in [0.2, 0.25) is 0 Å². The Kier molecular flexibility index (Phi) is 4.65. The van der Waals surface area contributed by atoms with Crippen LogP contribution >= 0.6 is 0 Å². The molecule has 0 amide bonds. The van der Waals surface area contributed by atoms with Crippen LogP contribution in [0.25, 0.3) is 0 Å². The summed E-state index contributed by atoms with van der Waals surface area (Å²) in [6, 6.07) is 0. The normalized spacial score (nSPS) is 21.2. The van der Waals surface area contributed by atoms with Gasteiger partial charge in [-0.05, 0) is 18.8 Å². The van der Waals surface area contributed by atoms with Gasteiger partial charge in [-0.2, -0.15) is 0 Å². The smallest absolute Gasteiger partial charge is 0.188 e. The molecule has 0 atom stereocenters. The van der Waals surface area contributed by atoms with Gasteiger partial charge in [0, 0.05) is 13.6 Å². The van der Waals surface area contributed by atoms with E-state index in [9.17, 15) is 0 Å². The average molecular weight is 183 g/mol. The molecule has 1 saturated carbocycles. The fourth-order valence-electron chi connectivity index (χ4n) is 1.90. The van der Waals surface area contributed by atoms with Crippen LogP contribution in [0.3, 0.4) is 0 Å². The zero-order chi connectivity index (χ0) is 9.52. The van der Waals surface area contributed by atoms with Gasteiger partial charge < -0.3 is 11.1 Å². The van der Waals surface area contributed by atoms with Crippen molar-refractivity contribution in [2.24, 2.45) is 16.6 Å². The summed E-state index contributed by atoms with van der Waals surface area (Å²) in [6.07, 6.45) is 8.29. The summed E-state index contributed by atoms with van der Waals surface area (Å²) in [5.41, 5.74) is 5.57. The molecule has 0 bridgehead atoms. The Morgan fingerprint density at radius 3 is 2.46 bits per heavy atom. The summed E-state index contributed by atoms with van der Waals surface area (Å²) in [7, 11) is 1.72. The Morgan fingerprint density at radius 1 is 1.31 bits per heavy atom. The molecule has 0 heterocycles. The van der Waals surface area contributed by atoms with Gasteiger partial charge in [0.25, 0.3) is 0 Å². The first-order chi connectivity index (χ1) is 6.33. The highest BCUT2D eigenvalue weighted by Gasteiger charge is 2.11. The van der Waals surface area contributed by atoms with E-state index in [4.69, 9.17) is 5.73 Å². The van der Waals surface area contributed by atoms with Crippen LogP contribution in [0, 0.1) is 5.92 Å². The predicted molar refractivity (Wildman–Crippen MR) is 56.7 cm³/mol. The van der Waals surface area contributed by atoms with Crippen molar-refractivity contribution in [2.45, 2.75) is 38.5 Å². The summed E-state index contributed by atoms with van der Waals surface area (Å²) in [4.78, 5) is 3.88. The Morgan fingerprint density at radius 2 is 1.92 bits per heavy atom. The van der Waals surface area contributed by atoms with E-state index >= 15 is 0 Å². The van der Waals surface area contributed by atoms with E-state index in [-0.39, 0.29) is 0 Å². The molecule has 3 heteroatoms. The van der Waals surface area contributed by atoms with Crippen molar-refractivity contribution in [3.05, 3.63) is 0 Å². The minimum atomic E-state index is 0.573. The Hall–Kier alpha value is -0.730. The largest absolute Gasteiger partial charge is 0.370 e. The molecule has 1 aliphatic rings. The van der Waals surface area contributed by atoms with E-state index in [1.807, 2.05) is 0 Å². The van der Waals surface area contributed by atoms with Crippen molar-refractivity contribution in [2.75, 3.05) is 13.6 Å². The first-order valence-corrected chi connectivity index (χ1v) is 5.29. The predicted octanol–water partition coefficient (Wildman–Crippen LogP) is 1.49. The molecule has 0 aromatic rings. The second kappa shape index (κ2) is 5.84. The topological polar surface area (TPSA) is 50.4 Å². The van der Waals surface area contributed by atoms with E-state index in [0.717, 1.165) is 12.5 Å². The maximum absolute atomic E-state index is 5.57. The van der Waals surface area contributed by atoms with Crippen LogP contribution in [0.5, 0.6) is 0 Å². The first kappa shape index (κ1) is 10.4. The lowest BCUT2D eigenvalue weighted by molar-refractivity contribution is 0.453. The van der Waals surface area contributed by atoms with Gasteiger partial charge in [-0.3, -0.25) is 4.99 Å². The van der Waals surface area contributed by atoms with Crippen molar-refractivity contribution in [1.29, 1.82) is 0 Å². The van der Waals surface area contributed by atoms with Crippen LogP contribution in [0.1, 0.15) is 38.5 Å². The molecule has 0 aromatic heterocycles. The third kappa shape index (κ3) is 4.15. The SMILES string of the molecule is CN=C(N)NCC1CCCCCC1. The summed E-state index contributed by atoms with van der Waals surface area (Å²) < 4.78 is 0. The average Bonchev–Trinajstić information content (AvgIpc) is 2.42. The lowest BCUT2D eigenvalue weighted by Crippen LogP contribution is -2.35. The van der Waals surface area contributed by atoms with Gasteiger partial charge >= 0.3 is 0 Å². The zero-order valence-corrected chi connectivity index (χ0v) is 8.55. The monoisotopic (exact) mass is 183 g/mol. The van der Waals surface area contributed by atoms with Crippen LogP contribution in [0.15, 0.2) is 4.99 Å². The Bertz CT molecular complexity index is 158. The molecule has 0 saturated heterocycles. The highest BCUT2D eigenvalue weighted by Crippen LogP contribution is 2.21. The van der Waals surface area contributed by atoms with Crippen LogP contribution in [-0.2, 0) is 0 Å². The molecule has 76 valence electrons. The third-order valence-corrected chi connectivity index (χ3v) is 2.79. The van der Waals surface area contributed by atoms with Crippen molar-refractivity contribution in [3.8, 4) is 0 Å². The van der Waals surface area contributed by atoms with Gasteiger partial charge in [0.15, 0.2) is 5.96 Å². The first-order valence-electron chi connectivity index (χ1n) is 5.29. The second-order valence-corrected chi connectivity index (χ2v) is 3.85. The van der Waals surface area contributed by atoms with Crippen molar-refractivity contribution in [1.82, 2.24) is 5.32 Å². The highest BCUT2D eigenvalue weighted by atomic mass is 15.1. The number of hydrogen-bond acceptors (Lipinski definition) is 1. The number of nitrogens with two attached hydrogens (primary N) is 1. The maximum Gasteiger partial charge on any atom is 0.188 e. The number of nitrogens with one attached hydrogen (secondary N) is 1. The number of guanidine groups is 1. The van der Waals surface area contributed by atoms with Crippen LogP contribution in [-0.4, -0.2) is 19.6 Å². The molecule has 0 spiro atoms. The van der Waals surface area contributed by atoms with Gasteiger partial charge in [0.05, 0.1) is 0 Å². The molecule has 3 N–H and O–H groups in total. The Balaban J connectivity index is 2.19. The standard InChI is InChI=1S/C10H21N3/c1-12-10(11)13-8-9-6-4-2-3-5-7-9/h9H,2-8H2,1H3,(H3,11,12,13). The quantitative estimate of drug-likeness (QED) is 0.387. The lowest BCUT2D eigenvalue weighted by atomic mass is 10.0. The minimum absolute atomic E-state index is 0.573. The molecule has 0 radical (unpaired) electrons. The molecule has 1 rings (SSSR count). The van der Waals surface area contributed by atoms with Gasteiger partial charge in [0.1, 0.15) is 0 Å². The summed E-state index contributed by atoms with van der Waals surface area (Å²) in [5, 5.41) is 3.16. The number of aliphatic imine (C=N–C) groups is 1. The van der Waals surface area contributed by atoms with E-state index in [1.165, 1.54) is 38.5 Å². The van der Waals surface area contributed by atoms with Crippen LogP contribution in [0.4, 0.5) is 0 Å². The summed E-state index contributed by atoms with van der Waals surface area (Å²) in [5.74, 6) is 1.38. The molecule has 0 unspecified atom stereocenters. The number of rotatable bonds is 2. The van der Waals surface area contributed by atoms with Gasteiger partial charge in [-0.1, -0.05) is 25.7 Å². The van der Waals surface area contributed by atoms with E-state index in [1.54, 1.807) is 7.05 Å². The molecule has 3 nitrogen and oxygen atoms in total. The van der Waals surface area contributed by atoms with Gasteiger partial charge in [0.2, 0.25) is 0 Å². The summed E-state index contributed by atoms with van der Waals surface area (Å²) >= 11 is 0. The van der Waals surface area contributed by atoms with Crippen molar-refractivity contribution >= 4 is 5.96 Å². The van der Waals surface area contributed by atoms with Crippen molar-refractivity contribution in [3.63, 3.8) is 0 Å². The number of hydrogen-bond donors (Lipinski definition) is 2. The lowest BCUT2D eigenvalue weighted by Gasteiger charge is -2.14. The minimum Gasteiger partial charge on any atom is -0.370 e. The fourth-order valence-corrected chi connectivity index (χ4v) is 1.90. The molecule has 1 aliphatic carbocycles. The van der Waals surface area contributed by atoms with Gasteiger partial charge in [-0.15, -0.1) is 0 Å². The Labute approximate surface area is 80.8 Å². The van der Waals surface area contributed by atoms with E-state index in [0.29, 0.717) is 5.96 Å². The van der Waals surface area contributed by atoms with Gasteiger partial charge in [-0.25, -0.2) is 0 Å². The van der Waals surface area contributed by atoms with Crippen molar-refractivity contribution < 1.29 is 0 Å². The maximum atomic E-state index is 5.57. The fraction of sp³-hybridized carbons (Fsp3) is 0.900. The summed E-state index contributed by atoms with van der Waals surface area (Å²) in [6.45, 7) is 1.00. The third-order valence-electron chi connectivity index (χ3n) is 2.79. The molecule has 0 aromatic carbocycles. The zero-order valence-electron chi connectivity index (χ0n) is 8.55. The number of nitrogens with zero attached hydrogens (tertiary/aromatic N) is 1. The molecule has 1 fully saturated rings. The molecule has 0 aliphatic heterocycles. The highest BCUT2D eigenvalue weighted by molar-refractivity contribution is 5.77. The molecular weight excluding hydrogens is 162 g/mol.